The summed E-state index contributed by atoms with van der Waals surface area (Å²) >= 11 is 0. The molecule has 11 heteroatoms. The van der Waals surface area contributed by atoms with Crippen molar-refractivity contribution in [2.45, 2.75) is 31.3 Å². The highest BCUT2D eigenvalue weighted by Gasteiger charge is 2.33. The van der Waals surface area contributed by atoms with Gasteiger partial charge in [-0.2, -0.15) is 15.2 Å². The summed E-state index contributed by atoms with van der Waals surface area (Å²) in [6, 6.07) is 12.8. The fraction of sp³-hybridized carbons (Fsp3) is 0.344. The van der Waals surface area contributed by atoms with Gasteiger partial charge in [-0.25, -0.2) is 9.18 Å². The topological polar surface area (TPSA) is 119 Å². The fourth-order valence-corrected chi connectivity index (χ4v) is 6.11. The Bertz CT molecular complexity index is 1800. The van der Waals surface area contributed by atoms with Gasteiger partial charge in [-0.15, -0.1) is 6.42 Å². The minimum Gasteiger partial charge on any atom is -0.465 e. The zero-order chi connectivity index (χ0) is 30.1. The lowest BCUT2D eigenvalue weighted by atomic mass is 9.97. The lowest BCUT2D eigenvalue weighted by molar-refractivity contribution is 0.119. The number of ether oxygens (including phenoxy) is 1. The molecule has 10 nitrogen and oxygen atoms in total. The van der Waals surface area contributed by atoms with Crippen LogP contribution >= 0.6 is 0 Å². The van der Waals surface area contributed by atoms with Crippen molar-refractivity contribution in [1.29, 1.82) is 5.26 Å². The van der Waals surface area contributed by atoms with Crippen molar-refractivity contribution in [3.63, 3.8) is 0 Å². The Labute approximate surface area is 248 Å². The summed E-state index contributed by atoms with van der Waals surface area (Å²) in [5, 5.41) is 21.0. The van der Waals surface area contributed by atoms with E-state index >= 15 is 4.39 Å². The number of likely N-dealkylation sites (N-methyl/N-ethyl adjacent to an activating group) is 1. The Morgan fingerprint density at radius 1 is 1.19 bits per heavy atom. The van der Waals surface area contributed by atoms with Gasteiger partial charge in [0.2, 0.25) is 0 Å². The third kappa shape index (κ3) is 5.24. The molecule has 0 spiro atoms. The number of terminal acetylenes is 1. The van der Waals surface area contributed by atoms with Crippen molar-refractivity contribution in [3.8, 4) is 35.7 Å². The summed E-state index contributed by atoms with van der Waals surface area (Å²) in [5.41, 5.74) is 1.31. The van der Waals surface area contributed by atoms with Crippen molar-refractivity contribution < 1.29 is 19.0 Å². The lowest BCUT2D eigenvalue weighted by Gasteiger charge is -2.39. The van der Waals surface area contributed by atoms with Crippen LogP contribution in [0.5, 0.6) is 6.01 Å². The first-order chi connectivity index (χ1) is 20.9. The van der Waals surface area contributed by atoms with Gasteiger partial charge in [-0.1, -0.05) is 36.3 Å². The summed E-state index contributed by atoms with van der Waals surface area (Å²) in [6.07, 6.45) is 8.31. The Morgan fingerprint density at radius 3 is 2.72 bits per heavy atom. The number of pyridine rings is 1. The van der Waals surface area contributed by atoms with Gasteiger partial charge in [0.25, 0.3) is 0 Å². The second kappa shape index (κ2) is 11.7. The number of hydrogen-bond acceptors (Lipinski definition) is 8. The second-order valence-corrected chi connectivity index (χ2v) is 10.9. The maximum Gasteiger partial charge on any atom is 0.407 e. The number of nitriles is 1. The monoisotopic (exact) mass is 579 g/mol. The number of fused-ring (bicyclic) bond motifs is 2. The molecule has 6 rings (SSSR count). The third-order valence-corrected chi connectivity index (χ3v) is 8.39. The SMILES string of the molecule is C#Cc1cccc2cccc(-c3ncc4c(N5CCN(C(=O)O)C(CC#N)C5)nc(OCC5CCCN5C)nc4c3F)c12. The summed E-state index contributed by atoms with van der Waals surface area (Å²) in [7, 11) is 2.04. The minimum absolute atomic E-state index is 0.0124. The van der Waals surface area contributed by atoms with Crippen molar-refractivity contribution in [2.24, 2.45) is 0 Å². The first-order valence-electron chi connectivity index (χ1n) is 14.2. The van der Waals surface area contributed by atoms with Gasteiger partial charge in [0.1, 0.15) is 23.6 Å². The van der Waals surface area contributed by atoms with E-state index in [1.165, 1.54) is 11.1 Å². The number of benzene rings is 2. The Kier molecular flexibility index (Phi) is 7.66. The van der Waals surface area contributed by atoms with Crippen molar-refractivity contribution in [1.82, 2.24) is 24.8 Å². The van der Waals surface area contributed by atoms with Gasteiger partial charge in [0.05, 0.1) is 23.9 Å². The number of hydrogen-bond donors (Lipinski definition) is 1. The first-order valence-corrected chi connectivity index (χ1v) is 14.2. The molecule has 4 heterocycles. The number of carboxylic acid groups (broad SMARTS) is 1. The number of halogens is 1. The predicted octanol–water partition coefficient (Wildman–Crippen LogP) is 4.52. The van der Waals surface area contributed by atoms with E-state index in [9.17, 15) is 15.2 Å². The van der Waals surface area contributed by atoms with Crippen LogP contribution in [0.4, 0.5) is 15.0 Å². The van der Waals surface area contributed by atoms with E-state index < -0.39 is 18.0 Å². The summed E-state index contributed by atoms with van der Waals surface area (Å²) in [4.78, 5) is 30.9. The van der Waals surface area contributed by atoms with Crippen LogP contribution in [0.3, 0.4) is 0 Å². The zero-order valence-electron chi connectivity index (χ0n) is 23.7. The average Bonchev–Trinajstić information content (AvgIpc) is 3.43. The number of anilines is 1. The smallest absolute Gasteiger partial charge is 0.407 e. The number of nitrogens with zero attached hydrogens (tertiary/aromatic N) is 7. The Morgan fingerprint density at radius 2 is 2.00 bits per heavy atom. The van der Waals surface area contributed by atoms with Crippen LogP contribution in [0, 0.1) is 29.5 Å². The van der Waals surface area contributed by atoms with Crippen molar-refractivity contribution >= 4 is 33.6 Å². The molecule has 2 aliphatic rings. The second-order valence-electron chi connectivity index (χ2n) is 10.9. The highest BCUT2D eigenvalue weighted by atomic mass is 19.1. The van der Waals surface area contributed by atoms with E-state index in [-0.39, 0.29) is 42.8 Å². The van der Waals surface area contributed by atoms with Gasteiger partial charge < -0.3 is 24.5 Å². The molecule has 0 radical (unpaired) electrons. The fourth-order valence-electron chi connectivity index (χ4n) is 6.11. The molecule has 0 saturated carbocycles. The number of rotatable bonds is 6. The van der Waals surface area contributed by atoms with Crippen LogP contribution in [0.25, 0.3) is 32.9 Å². The van der Waals surface area contributed by atoms with E-state index in [2.05, 4.69) is 31.8 Å². The molecule has 1 amide bonds. The standard InChI is InChI=1S/C32H30FN7O3/c1-3-20-7-4-8-21-9-5-11-24(26(20)21)28-27(33)29-25(17-35-28)30(37-31(36-29)43-19-23-10-6-14-38(23)2)39-15-16-40(32(41)42)22(18-39)12-13-34/h1,4-5,7-9,11,17,22-23H,6,10,12,14-16,18-19H2,2H3,(H,41,42). The highest BCUT2D eigenvalue weighted by Crippen LogP contribution is 2.36. The molecule has 2 saturated heterocycles. The molecule has 1 N–H and O–H groups in total. The quantitative estimate of drug-likeness (QED) is 0.329. The van der Waals surface area contributed by atoms with E-state index in [0.29, 0.717) is 35.5 Å². The number of carbonyl (C=O) groups is 1. The molecule has 2 atom stereocenters. The zero-order valence-corrected chi connectivity index (χ0v) is 23.7. The van der Waals surface area contributed by atoms with Crippen LogP contribution in [0.2, 0.25) is 0 Å². The van der Waals surface area contributed by atoms with Crippen LogP contribution in [0.1, 0.15) is 24.8 Å². The van der Waals surface area contributed by atoms with Crippen LogP contribution in [0.15, 0.2) is 42.6 Å². The predicted molar refractivity (Wildman–Crippen MR) is 160 cm³/mol. The highest BCUT2D eigenvalue weighted by molar-refractivity contribution is 6.02. The Hall–Kier alpha value is -5.00. The Balaban J connectivity index is 1.48. The molecule has 2 aliphatic heterocycles. The molecule has 0 aliphatic carbocycles. The molecule has 2 aromatic carbocycles. The molecule has 43 heavy (non-hydrogen) atoms. The van der Waals surface area contributed by atoms with Crippen LogP contribution in [-0.4, -0.2) is 87.9 Å². The van der Waals surface area contributed by atoms with E-state index in [1.807, 2.05) is 42.3 Å². The van der Waals surface area contributed by atoms with Crippen LogP contribution in [-0.2, 0) is 0 Å². The number of aromatic nitrogens is 3. The maximum absolute atomic E-state index is 16.6. The molecular formula is C32H30FN7O3. The summed E-state index contributed by atoms with van der Waals surface area (Å²) in [6.45, 7) is 1.98. The lowest BCUT2D eigenvalue weighted by Crippen LogP contribution is -2.55. The summed E-state index contributed by atoms with van der Waals surface area (Å²) in [5.74, 6) is 2.44. The number of amides is 1. The van der Waals surface area contributed by atoms with Gasteiger partial charge in [0, 0.05) is 48.4 Å². The van der Waals surface area contributed by atoms with Gasteiger partial charge in [-0.3, -0.25) is 4.98 Å². The largest absolute Gasteiger partial charge is 0.465 e. The number of likely N-dealkylation sites (tertiary alicyclic amines) is 1. The van der Waals surface area contributed by atoms with Crippen molar-refractivity contribution in [2.75, 3.05) is 44.7 Å². The van der Waals surface area contributed by atoms with E-state index in [4.69, 9.17) is 11.2 Å². The molecular weight excluding hydrogens is 549 g/mol. The summed E-state index contributed by atoms with van der Waals surface area (Å²) < 4.78 is 22.7. The first kappa shape index (κ1) is 28.1. The molecule has 2 unspecified atom stereocenters. The average molecular weight is 580 g/mol. The molecule has 2 fully saturated rings. The molecule has 2 aromatic heterocycles. The normalized spacial score (nSPS) is 19.0. The molecule has 0 bridgehead atoms. The van der Waals surface area contributed by atoms with Crippen molar-refractivity contribution in [3.05, 3.63) is 54.0 Å². The number of piperazine rings is 1. The maximum atomic E-state index is 16.6. The molecule has 4 aromatic rings. The van der Waals surface area contributed by atoms with Gasteiger partial charge in [-0.05, 0) is 37.9 Å². The van der Waals surface area contributed by atoms with E-state index in [0.717, 1.165) is 30.2 Å². The van der Waals surface area contributed by atoms with Crippen LogP contribution < -0.4 is 9.64 Å². The minimum atomic E-state index is -1.09. The van der Waals surface area contributed by atoms with E-state index in [1.54, 1.807) is 6.07 Å². The third-order valence-electron chi connectivity index (χ3n) is 8.39. The molecule has 218 valence electrons. The van der Waals surface area contributed by atoms with Gasteiger partial charge >= 0.3 is 12.1 Å². The van der Waals surface area contributed by atoms with Gasteiger partial charge in [0.15, 0.2) is 5.82 Å².